The van der Waals surface area contributed by atoms with E-state index in [0.29, 0.717) is 18.5 Å². The van der Waals surface area contributed by atoms with Gasteiger partial charge in [0.2, 0.25) is 12.0 Å². The van der Waals surface area contributed by atoms with Gasteiger partial charge in [0.15, 0.2) is 17.5 Å². The largest absolute Gasteiger partial charge is 0.455 e. The van der Waals surface area contributed by atoms with Gasteiger partial charge in [-0.25, -0.2) is 9.59 Å². The van der Waals surface area contributed by atoms with Gasteiger partial charge in [-0.2, -0.15) is 0 Å². The molecule has 76 heavy (non-hydrogen) atoms. The highest BCUT2D eigenvalue weighted by atomic mass is 16.6. The SMILES string of the molecule is CC(=O)O[C@H]1C(=O)[C@@]2(C)C(C(OC(=O)c3ccccc3)[C@]3(O)CC(OC(=O)C(OC(=O)CCCC(=O)NCCCN(C)C)C(NC(=O)c4ccccc4)c4ccccc4)C(C)=C1C3(C)C)C1(OC(C)=O)COC1C[C@@H]2O. The van der Waals surface area contributed by atoms with Gasteiger partial charge in [0.1, 0.15) is 30.0 Å². The zero-order valence-corrected chi connectivity index (χ0v) is 44.2. The number of ketones is 1. The number of carbonyl (C=O) groups excluding carboxylic acids is 8. The normalized spacial score (nSPS) is 28.1. The summed E-state index contributed by atoms with van der Waals surface area (Å²) in [5.74, 6) is -8.30. The summed E-state index contributed by atoms with van der Waals surface area (Å²) in [7, 11) is 3.84. The summed E-state index contributed by atoms with van der Waals surface area (Å²) < 4.78 is 36.9. The summed E-state index contributed by atoms with van der Waals surface area (Å²) in [6, 6.07) is 22.7. The second kappa shape index (κ2) is 23.2. The smallest absolute Gasteiger partial charge is 0.350 e. The van der Waals surface area contributed by atoms with Crippen LogP contribution in [0.3, 0.4) is 0 Å². The molecule has 7 rings (SSSR count). The molecule has 0 spiro atoms. The fraction of sp³-hybridized carbons (Fsp3) is 0.509. The Bertz CT molecular complexity index is 2700. The highest BCUT2D eigenvalue weighted by Gasteiger charge is 2.78. The number of fused-ring (bicyclic) bond motifs is 5. The predicted molar refractivity (Wildman–Crippen MR) is 272 cm³/mol. The van der Waals surface area contributed by atoms with Gasteiger partial charge in [0.25, 0.3) is 5.91 Å². The van der Waals surface area contributed by atoms with Gasteiger partial charge in [0.05, 0.1) is 29.6 Å². The third-order valence-electron chi connectivity index (χ3n) is 15.6. The second-order valence-corrected chi connectivity index (χ2v) is 21.2. The van der Waals surface area contributed by atoms with E-state index in [0.717, 1.165) is 20.4 Å². The number of nitrogens with zero attached hydrogens (tertiary/aromatic N) is 1. The average molecular weight is 1050 g/mol. The molecule has 0 aromatic heterocycles. The fourth-order valence-corrected chi connectivity index (χ4v) is 11.6. The summed E-state index contributed by atoms with van der Waals surface area (Å²) in [6.07, 6.45) is -10.5. The van der Waals surface area contributed by atoms with Crippen molar-refractivity contribution in [2.24, 2.45) is 16.7 Å². The molecule has 1 aliphatic heterocycles. The number of benzene rings is 3. The number of rotatable bonds is 19. The Balaban J connectivity index is 1.35. The van der Waals surface area contributed by atoms with E-state index in [9.17, 15) is 39.0 Å². The van der Waals surface area contributed by atoms with Gasteiger partial charge in [-0.05, 0) is 88.3 Å². The van der Waals surface area contributed by atoms with Gasteiger partial charge in [-0.3, -0.25) is 28.8 Å². The van der Waals surface area contributed by atoms with Crippen LogP contribution in [0.4, 0.5) is 0 Å². The Labute approximate surface area is 441 Å². The van der Waals surface area contributed by atoms with Crippen molar-refractivity contribution in [1.82, 2.24) is 15.5 Å². The Kier molecular flexibility index (Phi) is 17.4. The Morgan fingerprint density at radius 2 is 1.43 bits per heavy atom. The van der Waals surface area contributed by atoms with E-state index in [-0.39, 0.29) is 60.5 Å². The lowest BCUT2D eigenvalue weighted by Crippen LogP contribution is -2.82. The molecule has 1 heterocycles. The molecule has 11 atom stereocenters. The van der Waals surface area contributed by atoms with Crippen LogP contribution in [0.2, 0.25) is 0 Å². The van der Waals surface area contributed by atoms with Gasteiger partial charge < -0.3 is 54.2 Å². The molecule has 408 valence electrons. The zero-order valence-electron chi connectivity index (χ0n) is 44.2. The summed E-state index contributed by atoms with van der Waals surface area (Å²) in [6.45, 7) is 9.04. The molecule has 2 saturated carbocycles. The quantitative estimate of drug-likeness (QED) is 0.0557. The van der Waals surface area contributed by atoms with Gasteiger partial charge in [-0.15, -0.1) is 0 Å². The number of aliphatic hydroxyl groups is 2. The van der Waals surface area contributed by atoms with E-state index in [4.69, 9.17) is 28.4 Å². The Hall–Kier alpha value is -6.80. The molecule has 1 saturated heterocycles. The number of aliphatic hydroxyl groups excluding tert-OH is 1. The second-order valence-electron chi connectivity index (χ2n) is 21.2. The average Bonchev–Trinajstić information content (AvgIpc) is 3.48. The number of ether oxygens (including phenoxy) is 6. The lowest BCUT2D eigenvalue weighted by molar-refractivity contribution is -0.346. The minimum absolute atomic E-state index is 0.0343. The summed E-state index contributed by atoms with van der Waals surface area (Å²) >= 11 is 0. The molecule has 2 bridgehead atoms. The molecule has 3 aromatic carbocycles. The first kappa shape index (κ1) is 56.9. The van der Waals surface area contributed by atoms with Gasteiger partial charge in [0, 0.05) is 57.1 Å². The van der Waals surface area contributed by atoms with Crippen molar-refractivity contribution >= 4 is 47.4 Å². The predicted octanol–water partition coefficient (Wildman–Crippen LogP) is 4.52. The number of amides is 2. The molecule has 2 amide bonds. The lowest BCUT2D eigenvalue weighted by atomic mass is 9.44. The Morgan fingerprint density at radius 3 is 2.01 bits per heavy atom. The van der Waals surface area contributed by atoms with Crippen LogP contribution in [-0.2, 0) is 57.2 Å². The number of carbonyl (C=O) groups is 8. The summed E-state index contributed by atoms with van der Waals surface area (Å²) in [4.78, 5) is 115. The molecule has 4 N–H and O–H groups in total. The maximum absolute atomic E-state index is 15.8. The van der Waals surface area contributed by atoms with Gasteiger partial charge >= 0.3 is 29.8 Å². The van der Waals surface area contributed by atoms with Crippen LogP contribution >= 0.6 is 0 Å². The fourth-order valence-electron chi connectivity index (χ4n) is 11.6. The summed E-state index contributed by atoms with van der Waals surface area (Å²) in [5, 5.41) is 31.9. The van der Waals surface area contributed by atoms with Crippen molar-refractivity contribution in [2.45, 2.75) is 134 Å². The minimum Gasteiger partial charge on any atom is -0.455 e. The van der Waals surface area contributed by atoms with Crippen molar-refractivity contribution < 1.29 is 77.0 Å². The van der Waals surface area contributed by atoms with E-state index in [2.05, 4.69) is 10.6 Å². The van der Waals surface area contributed by atoms with Crippen molar-refractivity contribution in [3.63, 3.8) is 0 Å². The van der Waals surface area contributed by atoms with E-state index in [1.165, 1.54) is 26.0 Å². The topological polar surface area (TPSA) is 260 Å². The minimum atomic E-state index is -2.48. The van der Waals surface area contributed by atoms with E-state index in [1.807, 2.05) is 19.0 Å². The van der Waals surface area contributed by atoms with Crippen molar-refractivity contribution in [3.8, 4) is 0 Å². The first-order valence-corrected chi connectivity index (χ1v) is 25.6. The number of esters is 5. The number of Topliss-reactive ketones (excluding diaryl/α,β-unsaturated/α-hetero) is 1. The van der Waals surface area contributed by atoms with Crippen LogP contribution in [0, 0.1) is 16.7 Å². The monoisotopic (exact) mass is 1050 g/mol. The van der Waals surface area contributed by atoms with Crippen LogP contribution in [0.1, 0.15) is 112 Å². The van der Waals surface area contributed by atoms with Crippen LogP contribution in [-0.4, -0.2) is 144 Å². The first-order valence-electron chi connectivity index (χ1n) is 25.6. The number of hydrogen-bond acceptors (Lipinski definition) is 17. The van der Waals surface area contributed by atoms with Crippen molar-refractivity contribution in [3.05, 3.63) is 119 Å². The third kappa shape index (κ3) is 11.3. The van der Waals surface area contributed by atoms with Crippen molar-refractivity contribution in [2.75, 3.05) is 33.8 Å². The lowest BCUT2D eigenvalue weighted by Gasteiger charge is -2.67. The highest BCUT2D eigenvalue weighted by Crippen LogP contribution is 2.64. The molecule has 3 aliphatic carbocycles. The van der Waals surface area contributed by atoms with E-state index in [1.54, 1.807) is 92.7 Å². The molecule has 3 aromatic rings. The standard InChI is InChI=1S/C57H69N3O16/c1-33-39(73-53(69)47(74-43(65)27-18-26-42(64)58-28-19-29-60(7)8)45(36-20-12-9-13-21-36)59-51(67)37-22-14-10-15-23-37)31-57(70)50(75-52(68)38-24-16-11-17-25-38)48-55(6,40(63)30-41-56(48,32-71-41)76-35(3)62)49(66)46(72-34(2)61)44(33)54(57,4)5/h9-17,20-25,39-41,45-48,50,63,70H,18-19,26-32H2,1-8H3,(H,58,64)(H,59,67)/t39?,40-,41?,45?,46+,47?,48?,50?,55+,56?,57+/m0/s1. The third-order valence-corrected chi connectivity index (χ3v) is 15.6. The van der Waals surface area contributed by atoms with Crippen LogP contribution in [0.15, 0.2) is 102 Å². The van der Waals surface area contributed by atoms with Gasteiger partial charge in [-0.1, -0.05) is 80.6 Å². The molecule has 19 heteroatoms. The number of nitrogens with one attached hydrogen (secondary N) is 2. The maximum atomic E-state index is 15.8. The van der Waals surface area contributed by atoms with Crippen LogP contribution in [0.25, 0.3) is 0 Å². The van der Waals surface area contributed by atoms with Crippen LogP contribution < -0.4 is 10.6 Å². The molecule has 0 radical (unpaired) electrons. The number of hydrogen-bond donors (Lipinski definition) is 4. The maximum Gasteiger partial charge on any atom is 0.350 e. The molecule has 19 nitrogen and oxygen atoms in total. The Morgan fingerprint density at radius 1 is 0.816 bits per heavy atom. The molecule has 4 aliphatic rings. The van der Waals surface area contributed by atoms with Crippen molar-refractivity contribution in [1.29, 1.82) is 0 Å². The molecule has 7 unspecified atom stereocenters. The molecular weight excluding hydrogens is 983 g/mol. The molecule has 3 fully saturated rings. The highest BCUT2D eigenvalue weighted by molar-refractivity contribution is 5.96. The van der Waals surface area contributed by atoms with Crippen LogP contribution in [0.5, 0.6) is 0 Å². The summed E-state index contributed by atoms with van der Waals surface area (Å²) in [5.41, 5.74) is -7.53. The van der Waals surface area contributed by atoms with E-state index < -0.39 is 119 Å². The van der Waals surface area contributed by atoms with E-state index >= 15 is 9.59 Å². The first-order chi connectivity index (χ1) is 36.0. The molecular formula is C57H69N3O16. The zero-order chi connectivity index (χ0) is 55.3.